The van der Waals surface area contributed by atoms with Crippen molar-refractivity contribution in [2.75, 3.05) is 7.11 Å². The number of carbonyl (C=O) groups excluding carboxylic acids is 1. The first-order valence-electron chi connectivity index (χ1n) is 7.66. The number of hydroxylamine groups is 2. The van der Waals surface area contributed by atoms with E-state index in [1.54, 1.807) is 6.20 Å². The summed E-state index contributed by atoms with van der Waals surface area (Å²) < 4.78 is 4.81. The Hall–Kier alpha value is -2.14. The highest BCUT2D eigenvalue weighted by Crippen LogP contribution is 2.35. The second-order valence-corrected chi connectivity index (χ2v) is 5.68. The van der Waals surface area contributed by atoms with E-state index in [4.69, 9.17) is 4.74 Å². The molecule has 3 rings (SSSR count). The Morgan fingerprint density at radius 1 is 1.32 bits per heavy atom. The van der Waals surface area contributed by atoms with Crippen molar-refractivity contribution < 1.29 is 14.7 Å². The lowest BCUT2D eigenvalue weighted by Crippen LogP contribution is -2.30. The van der Waals surface area contributed by atoms with E-state index in [1.807, 2.05) is 24.3 Å². The summed E-state index contributed by atoms with van der Waals surface area (Å²) in [5.74, 6) is -0.487. The molecule has 1 heterocycles. The molecule has 0 aromatic heterocycles. The maximum absolute atomic E-state index is 12.0. The molecule has 0 radical (unpaired) electrons. The van der Waals surface area contributed by atoms with Gasteiger partial charge in [-0.05, 0) is 18.9 Å². The van der Waals surface area contributed by atoms with Crippen molar-refractivity contribution >= 4 is 22.9 Å². The van der Waals surface area contributed by atoms with Crippen LogP contribution in [0.15, 0.2) is 35.5 Å². The van der Waals surface area contributed by atoms with Crippen molar-refractivity contribution in [1.29, 1.82) is 0 Å². The van der Waals surface area contributed by atoms with Gasteiger partial charge in [0, 0.05) is 17.3 Å². The summed E-state index contributed by atoms with van der Waals surface area (Å²) in [6, 6.07) is 7.62. The SMILES string of the molecule is COC(=O)C1=Nc2ccccc2C1=CN(O)C1CCCCC1. The third kappa shape index (κ3) is 2.76. The van der Waals surface area contributed by atoms with Crippen molar-refractivity contribution in [3.05, 3.63) is 36.0 Å². The average molecular weight is 300 g/mol. The fourth-order valence-electron chi connectivity index (χ4n) is 3.07. The highest BCUT2D eigenvalue weighted by atomic mass is 16.5. The Labute approximate surface area is 129 Å². The fraction of sp³-hybridized carbons (Fsp3) is 0.412. The van der Waals surface area contributed by atoms with Gasteiger partial charge in [-0.25, -0.2) is 9.79 Å². The van der Waals surface area contributed by atoms with Gasteiger partial charge in [0.2, 0.25) is 0 Å². The number of fused-ring (bicyclic) bond motifs is 1. The largest absolute Gasteiger partial charge is 0.464 e. The van der Waals surface area contributed by atoms with Gasteiger partial charge in [0.25, 0.3) is 0 Å². The van der Waals surface area contributed by atoms with Gasteiger partial charge in [-0.1, -0.05) is 37.5 Å². The standard InChI is InChI=1S/C17H20N2O3/c1-22-17(20)16-14(13-9-5-6-10-15(13)18-16)11-19(21)12-7-3-2-4-8-12/h5-6,9-12,21H,2-4,7-8H2,1H3. The smallest absolute Gasteiger partial charge is 0.357 e. The second kappa shape index (κ2) is 6.32. The molecule has 2 aliphatic rings. The zero-order valence-corrected chi connectivity index (χ0v) is 12.7. The van der Waals surface area contributed by atoms with Crippen LogP contribution in [0.25, 0.3) is 5.57 Å². The summed E-state index contributed by atoms with van der Waals surface area (Å²) in [6.45, 7) is 0. The number of para-hydroxylation sites is 1. The summed E-state index contributed by atoms with van der Waals surface area (Å²) in [7, 11) is 1.34. The van der Waals surface area contributed by atoms with Gasteiger partial charge < -0.3 is 4.74 Å². The van der Waals surface area contributed by atoms with Gasteiger partial charge >= 0.3 is 5.97 Å². The minimum atomic E-state index is -0.487. The van der Waals surface area contributed by atoms with Crippen LogP contribution in [0.2, 0.25) is 0 Å². The molecule has 0 spiro atoms. The molecule has 116 valence electrons. The van der Waals surface area contributed by atoms with E-state index in [-0.39, 0.29) is 11.8 Å². The van der Waals surface area contributed by atoms with Gasteiger partial charge in [0.1, 0.15) is 0 Å². The molecule has 1 saturated carbocycles. The number of hydrogen-bond acceptors (Lipinski definition) is 5. The van der Waals surface area contributed by atoms with Crippen molar-refractivity contribution in [3.8, 4) is 0 Å². The van der Waals surface area contributed by atoms with Crippen LogP contribution in [0.5, 0.6) is 0 Å². The maximum Gasteiger partial charge on any atom is 0.357 e. The Morgan fingerprint density at radius 3 is 2.77 bits per heavy atom. The van der Waals surface area contributed by atoms with Crippen LogP contribution >= 0.6 is 0 Å². The van der Waals surface area contributed by atoms with Crippen LogP contribution in [0.1, 0.15) is 37.7 Å². The second-order valence-electron chi connectivity index (χ2n) is 5.68. The zero-order valence-electron chi connectivity index (χ0n) is 12.7. The summed E-state index contributed by atoms with van der Waals surface area (Å²) in [4.78, 5) is 16.3. The van der Waals surface area contributed by atoms with Crippen LogP contribution < -0.4 is 0 Å². The van der Waals surface area contributed by atoms with Crippen molar-refractivity contribution in [1.82, 2.24) is 5.06 Å². The lowest BCUT2D eigenvalue weighted by atomic mass is 9.95. The van der Waals surface area contributed by atoms with Crippen LogP contribution in [-0.2, 0) is 9.53 Å². The summed E-state index contributed by atoms with van der Waals surface area (Å²) in [5, 5.41) is 11.6. The van der Waals surface area contributed by atoms with E-state index in [0.29, 0.717) is 5.57 Å². The van der Waals surface area contributed by atoms with Crippen LogP contribution in [0, 0.1) is 0 Å². The van der Waals surface area contributed by atoms with Gasteiger partial charge in [0.15, 0.2) is 5.71 Å². The average Bonchev–Trinajstić information content (AvgIpc) is 2.93. The number of nitrogens with zero attached hydrogens (tertiary/aromatic N) is 2. The Bertz CT molecular complexity index is 631. The first kappa shape index (κ1) is 14.8. The molecule has 0 bridgehead atoms. The molecule has 5 heteroatoms. The number of ether oxygens (including phenoxy) is 1. The summed E-state index contributed by atoms with van der Waals surface area (Å²) in [5.41, 5.74) is 2.44. The molecule has 1 aliphatic carbocycles. The number of aliphatic imine (C=N–C) groups is 1. The maximum atomic E-state index is 12.0. The molecule has 22 heavy (non-hydrogen) atoms. The topological polar surface area (TPSA) is 62.1 Å². The third-order valence-electron chi connectivity index (χ3n) is 4.27. The first-order valence-corrected chi connectivity index (χ1v) is 7.66. The van der Waals surface area contributed by atoms with E-state index in [2.05, 4.69) is 4.99 Å². The molecule has 0 atom stereocenters. The van der Waals surface area contributed by atoms with Crippen LogP contribution in [-0.4, -0.2) is 35.1 Å². The van der Waals surface area contributed by atoms with Crippen LogP contribution in [0.4, 0.5) is 5.69 Å². The number of methoxy groups -OCH3 is 1. The van der Waals surface area contributed by atoms with Gasteiger partial charge in [0.05, 0.1) is 18.8 Å². The van der Waals surface area contributed by atoms with Crippen molar-refractivity contribution in [2.45, 2.75) is 38.1 Å². The van der Waals surface area contributed by atoms with Crippen molar-refractivity contribution in [3.63, 3.8) is 0 Å². The Kier molecular flexibility index (Phi) is 4.24. The summed E-state index contributed by atoms with van der Waals surface area (Å²) in [6.07, 6.45) is 7.02. The van der Waals surface area contributed by atoms with Gasteiger partial charge in [-0.3, -0.25) is 10.3 Å². The fourth-order valence-corrected chi connectivity index (χ4v) is 3.07. The third-order valence-corrected chi connectivity index (χ3v) is 4.27. The number of esters is 1. The number of carbonyl (C=O) groups is 1. The van der Waals surface area contributed by atoms with E-state index in [1.165, 1.54) is 18.6 Å². The zero-order chi connectivity index (χ0) is 15.5. The lowest BCUT2D eigenvalue weighted by Gasteiger charge is -2.28. The molecule has 1 N–H and O–H groups in total. The van der Waals surface area contributed by atoms with E-state index in [0.717, 1.165) is 36.9 Å². The molecule has 1 aromatic rings. The molecule has 1 fully saturated rings. The molecule has 1 aliphatic heterocycles. The van der Waals surface area contributed by atoms with E-state index >= 15 is 0 Å². The molecule has 0 amide bonds. The normalized spacial score (nSPS) is 19.7. The minimum absolute atomic E-state index is 0.105. The Morgan fingerprint density at radius 2 is 2.05 bits per heavy atom. The number of hydrogen-bond donors (Lipinski definition) is 1. The predicted molar refractivity (Wildman–Crippen MR) is 84.0 cm³/mol. The molecular weight excluding hydrogens is 280 g/mol. The van der Waals surface area contributed by atoms with Gasteiger partial charge in [-0.15, -0.1) is 0 Å². The highest BCUT2D eigenvalue weighted by Gasteiger charge is 2.28. The number of rotatable bonds is 3. The minimum Gasteiger partial charge on any atom is -0.464 e. The Balaban J connectivity index is 1.93. The molecule has 0 saturated heterocycles. The highest BCUT2D eigenvalue weighted by molar-refractivity contribution is 6.56. The quantitative estimate of drug-likeness (QED) is 0.687. The lowest BCUT2D eigenvalue weighted by molar-refractivity contribution is -0.132. The molecular formula is C17H20N2O3. The van der Waals surface area contributed by atoms with Gasteiger partial charge in [-0.2, -0.15) is 0 Å². The van der Waals surface area contributed by atoms with E-state index in [9.17, 15) is 10.0 Å². The number of benzene rings is 1. The monoisotopic (exact) mass is 300 g/mol. The molecule has 0 unspecified atom stereocenters. The molecule has 5 nitrogen and oxygen atoms in total. The molecule has 1 aromatic carbocycles. The first-order chi connectivity index (χ1) is 10.7. The van der Waals surface area contributed by atoms with E-state index < -0.39 is 5.97 Å². The summed E-state index contributed by atoms with van der Waals surface area (Å²) >= 11 is 0. The predicted octanol–water partition coefficient (Wildman–Crippen LogP) is 3.31. The van der Waals surface area contributed by atoms with Crippen molar-refractivity contribution in [2.24, 2.45) is 4.99 Å². The van der Waals surface area contributed by atoms with Crippen LogP contribution in [0.3, 0.4) is 0 Å².